The van der Waals surface area contributed by atoms with Crippen molar-refractivity contribution in [1.82, 2.24) is 14.9 Å². The summed E-state index contributed by atoms with van der Waals surface area (Å²) >= 11 is 0. The van der Waals surface area contributed by atoms with Crippen molar-refractivity contribution in [2.75, 3.05) is 25.5 Å². The van der Waals surface area contributed by atoms with Crippen molar-refractivity contribution in [2.45, 2.75) is 26.2 Å². The lowest BCUT2D eigenvalue weighted by atomic mass is 9.85. The van der Waals surface area contributed by atoms with E-state index in [4.69, 9.17) is 0 Å². The first-order valence-electron chi connectivity index (χ1n) is 6.53. The van der Waals surface area contributed by atoms with Crippen molar-refractivity contribution in [1.29, 1.82) is 0 Å². The third-order valence-electron chi connectivity index (χ3n) is 3.50. The highest BCUT2D eigenvalue weighted by Gasteiger charge is 2.24. The Morgan fingerprint density at radius 3 is 2.67 bits per heavy atom. The van der Waals surface area contributed by atoms with E-state index < -0.39 is 0 Å². The normalized spacial score (nSPS) is 15.0. The Balaban J connectivity index is 2.02. The van der Waals surface area contributed by atoms with E-state index in [9.17, 15) is 4.79 Å². The number of nitrogens with zero attached hydrogens (tertiary/aromatic N) is 3. The minimum absolute atomic E-state index is 0.0143. The minimum Gasteiger partial charge on any atom is -0.372 e. The van der Waals surface area contributed by atoms with Crippen molar-refractivity contribution >= 4 is 11.7 Å². The van der Waals surface area contributed by atoms with Gasteiger partial charge in [0.2, 0.25) is 0 Å². The summed E-state index contributed by atoms with van der Waals surface area (Å²) in [6.07, 6.45) is 6.91. The van der Waals surface area contributed by atoms with Crippen LogP contribution in [0.25, 0.3) is 0 Å². The molecule has 0 atom stereocenters. The van der Waals surface area contributed by atoms with Crippen LogP contribution < -0.4 is 5.32 Å². The molecule has 1 heterocycles. The molecule has 5 nitrogen and oxygen atoms in total. The first-order valence-corrected chi connectivity index (χ1v) is 6.53. The quantitative estimate of drug-likeness (QED) is 0.863. The molecule has 1 aliphatic carbocycles. The number of rotatable bonds is 5. The second kappa shape index (κ2) is 5.80. The van der Waals surface area contributed by atoms with Gasteiger partial charge >= 0.3 is 0 Å². The highest BCUT2D eigenvalue weighted by molar-refractivity contribution is 5.92. The van der Waals surface area contributed by atoms with Crippen molar-refractivity contribution in [3.05, 3.63) is 18.1 Å². The Hall–Kier alpha value is -1.65. The molecule has 0 aliphatic heterocycles. The van der Waals surface area contributed by atoms with Gasteiger partial charge in [0.15, 0.2) is 0 Å². The molecule has 1 amide bonds. The zero-order valence-corrected chi connectivity index (χ0v) is 11.0. The van der Waals surface area contributed by atoms with Gasteiger partial charge in [-0.1, -0.05) is 6.42 Å². The van der Waals surface area contributed by atoms with E-state index in [2.05, 4.69) is 15.3 Å². The van der Waals surface area contributed by atoms with Gasteiger partial charge in [0.05, 0.1) is 12.4 Å². The van der Waals surface area contributed by atoms with Gasteiger partial charge in [-0.15, -0.1) is 0 Å². The molecule has 0 saturated heterocycles. The maximum atomic E-state index is 12.3. The fourth-order valence-electron chi connectivity index (χ4n) is 2.07. The summed E-state index contributed by atoms with van der Waals surface area (Å²) in [5.74, 6) is 1.34. The van der Waals surface area contributed by atoms with Crippen LogP contribution in [-0.4, -0.2) is 40.9 Å². The fourth-order valence-corrected chi connectivity index (χ4v) is 2.07. The Morgan fingerprint density at radius 2 is 2.22 bits per heavy atom. The number of carbonyl (C=O) groups excluding carboxylic acids is 1. The summed E-state index contributed by atoms with van der Waals surface area (Å²) in [7, 11) is 1.78. The first-order chi connectivity index (χ1) is 8.74. The van der Waals surface area contributed by atoms with Gasteiger partial charge in [-0.3, -0.25) is 4.79 Å². The van der Waals surface area contributed by atoms with Gasteiger partial charge in [0.1, 0.15) is 11.5 Å². The number of hydrogen-bond donors (Lipinski definition) is 1. The maximum Gasteiger partial charge on any atom is 0.274 e. The standard InChI is InChI=1S/C13H20N4O/c1-3-17(9-10-5-4-6-10)13(18)11-7-16-12(14-2)8-15-11/h7-8,10H,3-6,9H2,1-2H3,(H,14,16). The Labute approximate surface area is 108 Å². The van der Waals surface area contributed by atoms with E-state index in [1.165, 1.54) is 25.5 Å². The number of anilines is 1. The van der Waals surface area contributed by atoms with E-state index in [1.54, 1.807) is 13.2 Å². The van der Waals surface area contributed by atoms with E-state index in [0.717, 1.165) is 13.1 Å². The zero-order chi connectivity index (χ0) is 13.0. The molecule has 18 heavy (non-hydrogen) atoms. The van der Waals surface area contributed by atoms with Crippen molar-refractivity contribution in [3.8, 4) is 0 Å². The Morgan fingerprint density at radius 1 is 1.44 bits per heavy atom. The molecule has 0 unspecified atom stereocenters. The van der Waals surface area contributed by atoms with Gasteiger partial charge in [-0.05, 0) is 25.7 Å². The average Bonchev–Trinajstić information content (AvgIpc) is 2.37. The molecule has 98 valence electrons. The SMILES string of the molecule is CCN(CC1CCC1)C(=O)c1cnc(NC)cn1. The number of carbonyl (C=O) groups is 1. The van der Waals surface area contributed by atoms with Crippen LogP contribution in [0.3, 0.4) is 0 Å². The highest BCUT2D eigenvalue weighted by atomic mass is 16.2. The van der Waals surface area contributed by atoms with E-state index >= 15 is 0 Å². The van der Waals surface area contributed by atoms with Gasteiger partial charge in [-0.25, -0.2) is 9.97 Å². The van der Waals surface area contributed by atoms with E-state index in [0.29, 0.717) is 17.4 Å². The second-order valence-corrected chi connectivity index (χ2v) is 4.68. The molecule has 2 rings (SSSR count). The lowest BCUT2D eigenvalue weighted by Gasteiger charge is -2.31. The number of amides is 1. The van der Waals surface area contributed by atoms with Crippen LogP contribution in [0.4, 0.5) is 5.82 Å². The van der Waals surface area contributed by atoms with E-state index in [-0.39, 0.29) is 5.91 Å². The van der Waals surface area contributed by atoms with Crippen molar-refractivity contribution < 1.29 is 4.79 Å². The molecule has 5 heteroatoms. The molecule has 0 aromatic carbocycles. The van der Waals surface area contributed by atoms with Crippen LogP contribution in [-0.2, 0) is 0 Å². The fraction of sp³-hybridized carbons (Fsp3) is 0.615. The van der Waals surface area contributed by atoms with Crippen LogP contribution in [0.1, 0.15) is 36.7 Å². The van der Waals surface area contributed by atoms with Crippen molar-refractivity contribution in [3.63, 3.8) is 0 Å². The molecule has 0 radical (unpaired) electrons. The lowest BCUT2D eigenvalue weighted by Crippen LogP contribution is -2.37. The monoisotopic (exact) mass is 248 g/mol. The van der Waals surface area contributed by atoms with Crippen LogP contribution in [0.5, 0.6) is 0 Å². The van der Waals surface area contributed by atoms with Gasteiger partial charge in [0.25, 0.3) is 5.91 Å². The van der Waals surface area contributed by atoms with Crippen molar-refractivity contribution in [2.24, 2.45) is 5.92 Å². The molecular formula is C13H20N4O. The van der Waals surface area contributed by atoms with Gasteiger partial charge in [0, 0.05) is 20.1 Å². The van der Waals surface area contributed by atoms with Crippen LogP contribution in [0.15, 0.2) is 12.4 Å². The summed E-state index contributed by atoms with van der Waals surface area (Å²) in [4.78, 5) is 22.4. The molecule has 1 saturated carbocycles. The number of aromatic nitrogens is 2. The third-order valence-corrected chi connectivity index (χ3v) is 3.50. The molecule has 1 aliphatic rings. The minimum atomic E-state index is -0.0143. The second-order valence-electron chi connectivity index (χ2n) is 4.68. The number of hydrogen-bond acceptors (Lipinski definition) is 4. The summed E-state index contributed by atoms with van der Waals surface area (Å²) in [6.45, 7) is 3.58. The Bertz CT molecular complexity index is 400. The summed E-state index contributed by atoms with van der Waals surface area (Å²) in [5, 5.41) is 2.89. The van der Waals surface area contributed by atoms with Crippen LogP contribution in [0.2, 0.25) is 0 Å². The third kappa shape index (κ3) is 2.78. The Kier molecular flexibility index (Phi) is 4.12. The van der Waals surface area contributed by atoms with Gasteiger partial charge in [-0.2, -0.15) is 0 Å². The first kappa shape index (κ1) is 12.8. The number of nitrogens with one attached hydrogen (secondary N) is 1. The van der Waals surface area contributed by atoms with Crippen LogP contribution >= 0.6 is 0 Å². The summed E-state index contributed by atoms with van der Waals surface area (Å²) in [6, 6.07) is 0. The molecule has 0 bridgehead atoms. The predicted molar refractivity (Wildman–Crippen MR) is 70.5 cm³/mol. The summed E-state index contributed by atoms with van der Waals surface area (Å²) < 4.78 is 0. The van der Waals surface area contributed by atoms with E-state index in [1.807, 2.05) is 11.8 Å². The molecule has 1 fully saturated rings. The molecular weight excluding hydrogens is 228 g/mol. The molecule has 1 N–H and O–H groups in total. The molecule has 1 aromatic heterocycles. The van der Waals surface area contributed by atoms with Gasteiger partial charge < -0.3 is 10.2 Å². The maximum absolute atomic E-state index is 12.3. The van der Waals surface area contributed by atoms with Crippen LogP contribution in [0, 0.1) is 5.92 Å². The average molecular weight is 248 g/mol. The highest BCUT2D eigenvalue weighted by Crippen LogP contribution is 2.27. The molecule has 0 spiro atoms. The smallest absolute Gasteiger partial charge is 0.274 e. The largest absolute Gasteiger partial charge is 0.372 e. The molecule has 1 aromatic rings. The zero-order valence-electron chi connectivity index (χ0n) is 11.0. The summed E-state index contributed by atoms with van der Waals surface area (Å²) in [5.41, 5.74) is 0.426. The predicted octanol–water partition coefficient (Wildman–Crippen LogP) is 1.78. The lowest BCUT2D eigenvalue weighted by molar-refractivity contribution is 0.0700. The topological polar surface area (TPSA) is 58.1 Å².